The molecule has 1 fully saturated rings. The number of alkyl halides is 3. The summed E-state index contributed by atoms with van der Waals surface area (Å²) in [5.41, 5.74) is 5.48. The van der Waals surface area contributed by atoms with Gasteiger partial charge in [-0.3, -0.25) is 0 Å². The number of hydrogen-bond donors (Lipinski definition) is 2. The Morgan fingerprint density at radius 1 is 1.29 bits per heavy atom. The quantitative estimate of drug-likeness (QED) is 0.837. The number of halogens is 3. The van der Waals surface area contributed by atoms with Crippen molar-refractivity contribution in [3.05, 3.63) is 29.8 Å². The number of rotatable bonds is 2. The number of ether oxygens (including phenoxy) is 1. The van der Waals surface area contributed by atoms with Gasteiger partial charge in [-0.2, -0.15) is 13.2 Å². The van der Waals surface area contributed by atoms with Crippen LogP contribution >= 0.6 is 0 Å². The van der Waals surface area contributed by atoms with Gasteiger partial charge in [0.1, 0.15) is 0 Å². The van der Waals surface area contributed by atoms with Gasteiger partial charge in [-0.15, -0.1) is 0 Å². The largest absolute Gasteiger partial charge is 0.416 e. The molecule has 0 spiro atoms. The number of anilines is 1. The lowest BCUT2D eigenvalue weighted by Crippen LogP contribution is -2.38. The van der Waals surface area contributed by atoms with E-state index in [4.69, 9.17) is 10.5 Å². The molecule has 0 amide bonds. The van der Waals surface area contributed by atoms with Gasteiger partial charge >= 0.3 is 6.18 Å². The summed E-state index contributed by atoms with van der Waals surface area (Å²) in [6.45, 7) is 0.841. The minimum atomic E-state index is -4.33. The monoisotopic (exact) mass is 246 g/mol. The fourth-order valence-electron chi connectivity index (χ4n) is 1.72. The second-order valence-corrected chi connectivity index (χ2v) is 4.03. The molecule has 0 bridgehead atoms. The summed E-state index contributed by atoms with van der Waals surface area (Å²) in [5, 5.41) is 2.95. The number of nitrogens with one attached hydrogen (secondary N) is 1. The average Bonchev–Trinajstić information content (AvgIpc) is 2.64. The Kier molecular flexibility index (Phi) is 3.26. The molecule has 1 aliphatic rings. The van der Waals surface area contributed by atoms with Gasteiger partial charge in [0.2, 0.25) is 0 Å². The van der Waals surface area contributed by atoms with Crippen LogP contribution in [0.15, 0.2) is 24.3 Å². The van der Waals surface area contributed by atoms with Gasteiger partial charge in [-0.25, -0.2) is 0 Å². The molecule has 1 heterocycles. The Bertz CT molecular complexity index is 395. The maximum absolute atomic E-state index is 12.5. The maximum atomic E-state index is 12.5. The highest BCUT2D eigenvalue weighted by molar-refractivity contribution is 5.47. The molecule has 1 aliphatic heterocycles. The van der Waals surface area contributed by atoms with Crippen molar-refractivity contribution in [2.45, 2.75) is 18.3 Å². The SMILES string of the molecule is N[C@H]1COC[C@@H]1Nc1cccc(C(F)(F)F)c1. The summed E-state index contributed by atoms with van der Waals surface area (Å²) >= 11 is 0. The molecule has 1 aromatic rings. The Hall–Kier alpha value is -1.27. The summed E-state index contributed by atoms with van der Waals surface area (Å²) in [7, 11) is 0. The summed E-state index contributed by atoms with van der Waals surface area (Å²) in [5.74, 6) is 0. The lowest BCUT2D eigenvalue weighted by atomic mass is 10.1. The van der Waals surface area contributed by atoms with Crippen LogP contribution in [0.4, 0.5) is 18.9 Å². The molecule has 1 saturated heterocycles. The first kappa shape index (κ1) is 12.2. The van der Waals surface area contributed by atoms with E-state index in [0.717, 1.165) is 12.1 Å². The average molecular weight is 246 g/mol. The van der Waals surface area contributed by atoms with E-state index in [1.807, 2.05) is 0 Å². The van der Waals surface area contributed by atoms with Crippen LogP contribution in [0, 0.1) is 0 Å². The van der Waals surface area contributed by atoms with E-state index in [2.05, 4.69) is 5.32 Å². The molecule has 17 heavy (non-hydrogen) atoms. The molecular weight excluding hydrogens is 233 g/mol. The lowest BCUT2D eigenvalue weighted by molar-refractivity contribution is -0.137. The third-order valence-electron chi connectivity index (χ3n) is 2.67. The molecule has 0 aliphatic carbocycles. The standard InChI is InChI=1S/C11H13F3N2O/c12-11(13,14)7-2-1-3-8(4-7)16-10-6-17-5-9(10)15/h1-4,9-10,16H,5-6,15H2/t9-,10-/m0/s1. The van der Waals surface area contributed by atoms with Gasteiger partial charge in [0.05, 0.1) is 30.9 Å². The van der Waals surface area contributed by atoms with Crippen LogP contribution in [0.5, 0.6) is 0 Å². The zero-order valence-electron chi connectivity index (χ0n) is 9.00. The Morgan fingerprint density at radius 2 is 2.06 bits per heavy atom. The highest BCUT2D eigenvalue weighted by atomic mass is 19.4. The zero-order chi connectivity index (χ0) is 12.5. The highest BCUT2D eigenvalue weighted by Crippen LogP contribution is 2.30. The predicted octanol–water partition coefficient (Wildman–Crippen LogP) is 1.84. The molecule has 94 valence electrons. The molecule has 6 heteroatoms. The zero-order valence-corrected chi connectivity index (χ0v) is 9.00. The Labute approximate surface area is 96.8 Å². The van der Waals surface area contributed by atoms with E-state index in [1.54, 1.807) is 6.07 Å². The van der Waals surface area contributed by atoms with Gasteiger partial charge in [-0.1, -0.05) is 6.07 Å². The van der Waals surface area contributed by atoms with E-state index >= 15 is 0 Å². The first-order chi connectivity index (χ1) is 7.97. The van der Waals surface area contributed by atoms with Gasteiger partial charge in [0.15, 0.2) is 0 Å². The van der Waals surface area contributed by atoms with Crippen LogP contribution in [0.1, 0.15) is 5.56 Å². The normalized spacial score (nSPS) is 24.9. The summed E-state index contributed by atoms with van der Waals surface area (Å²) < 4.78 is 42.6. The molecular formula is C11H13F3N2O. The van der Waals surface area contributed by atoms with Gasteiger partial charge in [0, 0.05) is 5.69 Å². The Balaban J connectivity index is 2.11. The van der Waals surface area contributed by atoms with Crippen LogP contribution in [0.3, 0.4) is 0 Å². The molecule has 2 atom stereocenters. The molecule has 0 aromatic heterocycles. The smallest absolute Gasteiger partial charge is 0.378 e. The van der Waals surface area contributed by atoms with Gasteiger partial charge in [0.25, 0.3) is 0 Å². The maximum Gasteiger partial charge on any atom is 0.416 e. The fourth-order valence-corrected chi connectivity index (χ4v) is 1.72. The highest BCUT2D eigenvalue weighted by Gasteiger charge is 2.31. The second kappa shape index (κ2) is 4.54. The van der Waals surface area contributed by atoms with Crippen LogP contribution < -0.4 is 11.1 Å². The second-order valence-electron chi connectivity index (χ2n) is 4.03. The van der Waals surface area contributed by atoms with Crippen molar-refractivity contribution in [3.8, 4) is 0 Å². The first-order valence-electron chi connectivity index (χ1n) is 5.24. The molecule has 2 rings (SSSR count). The van der Waals surface area contributed by atoms with Crippen LogP contribution in [0.2, 0.25) is 0 Å². The predicted molar refractivity (Wildman–Crippen MR) is 57.6 cm³/mol. The summed E-state index contributed by atoms with van der Waals surface area (Å²) in [6.07, 6.45) is -4.33. The van der Waals surface area contributed by atoms with E-state index in [9.17, 15) is 13.2 Å². The van der Waals surface area contributed by atoms with E-state index in [1.165, 1.54) is 6.07 Å². The molecule has 3 nitrogen and oxygen atoms in total. The minimum Gasteiger partial charge on any atom is -0.378 e. The van der Waals surface area contributed by atoms with Crippen molar-refractivity contribution in [2.75, 3.05) is 18.5 Å². The van der Waals surface area contributed by atoms with Crippen molar-refractivity contribution >= 4 is 5.69 Å². The van der Waals surface area contributed by atoms with Crippen molar-refractivity contribution in [1.29, 1.82) is 0 Å². The first-order valence-corrected chi connectivity index (χ1v) is 5.24. The molecule has 3 N–H and O–H groups in total. The third kappa shape index (κ3) is 2.89. The van der Waals surface area contributed by atoms with Crippen molar-refractivity contribution in [3.63, 3.8) is 0 Å². The van der Waals surface area contributed by atoms with Gasteiger partial charge in [-0.05, 0) is 18.2 Å². The number of hydrogen-bond acceptors (Lipinski definition) is 3. The van der Waals surface area contributed by atoms with Crippen LogP contribution in [-0.2, 0) is 10.9 Å². The van der Waals surface area contributed by atoms with E-state index in [-0.39, 0.29) is 12.1 Å². The number of benzene rings is 1. The molecule has 0 radical (unpaired) electrons. The van der Waals surface area contributed by atoms with Crippen molar-refractivity contribution in [2.24, 2.45) is 5.73 Å². The van der Waals surface area contributed by atoms with Crippen molar-refractivity contribution in [1.82, 2.24) is 0 Å². The molecule has 0 unspecified atom stereocenters. The van der Waals surface area contributed by atoms with E-state index < -0.39 is 11.7 Å². The summed E-state index contributed by atoms with van der Waals surface area (Å²) in [4.78, 5) is 0. The molecule has 1 aromatic carbocycles. The van der Waals surface area contributed by atoms with Crippen molar-refractivity contribution < 1.29 is 17.9 Å². The topological polar surface area (TPSA) is 47.3 Å². The van der Waals surface area contributed by atoms with Crippen LogP contribution in [0.25, 0.3) is 0 Å². The minimum absolute atomic E-state index is 0.140. The molecule has 0 saturated carbocycles. The number of nitrogens with two attached hydrogens (primary N) is 1. The lowest BCUT2D eigenvalue weighted by Gasteiger charge is -2.17. The Morgan fingerprint density at radius 3 is 2.65 bits per heavy atom. The van der Waals surface area contributed by atoms with Gasteiger partial charge < -0.3 is 15.8 Å². The van der Waals surface area contributed by atoms with Crippen LogP contribution in [-0.4, -0.2) is 25.3 Å². The van der Waals surface area contributed by atoms with E-state index in [0.29, 0.717) is 18.9 Å². The third-order valence-corrected chi connectivity index (χ3v) is 2.67. The summed E-state index contributed by atoms with van der Waals surface area (Å²) in [6, 6.07) is 4.73. The fraction of sp³-hybridized carbons (Fsp3) is 0.455.